The van der Waals surface area contributed by atoms with Crippen LogP contribution in [0.5, 0.6) is 0 Å². The lowest BCUT2D eigenvalue weighted by Gasteiger charge is -2.31. The third-order valence-corrected chi connectivity index (χ3v) is 6.01. The van der Waals surface area contributed by atoms with Gasteiger partial charge >= 0.3 is 0 Å². The standard InChI is InChI=1S/C22H27ClN4O2/c1-16-20(22(28)27-9-11-29-12-10-27)14-24-21(25-16)18-5-7-26(8-6-18)15-17-3-2-4-19(23)13-17/h2-4,13-14,18H,5-12,15H2,1H3. The van der Waals surface area contributed by atoms with Crippen molar-refractivity contribution in [1.29, 1.82) is 0 Å². The fourth-order valence-corrected chi connectivity index (χ4v) is 4.28. The van der Waals surface area contributed by atoms with E-state index in [1.165, 1.54) is 5.56 Å². The first kappa shape index (κ1) is 20.3. The molecule has 0 aliphatic carbocycles. The molecule has 1 amide bonds. The molecule has 4 rings (SSSR count). The Bertz CT molecular complexity index is 862. The van der Waals surface area contributed by atoms with Crippen molar-refractivity contribution in [2.45, 2.75) is 32.2 Å². The largest absolute Gasteiger partial charge is 0.378 e. The molecule has 0 saturated carbocycles. The van der Waals surface area contributed by atoms with Crippen molar-refractivity contribution in [3.63, 3.8) is 0 Å². The molecular formula is C22H27ClN4O2. The quantitative estimate of drug-likeness (QED) is 0.768. The first-order valence-electron chi connectivity index (χ1n) is 10.3. The zero-order valence-electron chi connectivity index (χ0n) is 16.8. The number of aryl methyl sites for hydroxylation is 1. The van der Waals surface area contributed by atoms with Crippen LogP contribution in [0, 0.1) is 6.92 Å². The number of piperidine rings is 1. The molecular weight excluding hydrogens is 388 g/mol. The molecule has 0 atom stereocenters. The van der Waals surface area contributed by atoms with Gasteiger partial charge in [0.05, 0.1) is 24.5 Å². The minimum Gasteiger partial charge on any atom is -0.378 e. The van der Waals surface area contributed by atoms with Crippen LogP contribution in [0.25, 0.3) is 0 Å². The second-order valence-corrected chi connectivity index (χ2v) is 8.25. The minimum absolute atomic E-state index is 0.00805. The van der Waals surface area contributed by atoms with E-state index in [0.717, 1.165) is 49.0 Å². The molecule has 0 radical (unpaired) electrons. The van der Waals surface area contributed by atoms with Gasteiger partial charge in [0.25, 0.3) is 5.91 Å². The molecule has 0 N–H and O–H groups in total. The molecule has 0 unspecified atom stereocenters. The van der Waals surface area contributed by atoms with Gasteiger partial charge in [-0.1, -0.05) is 23.7 Å². The van der Waals surface area contributed by atoms with Crippen molar-refractivity contribution >= 4 is 17.5 Å². The van der Waals surface area contributed by atoms with Gasteiger partial charge in [-0.15, -0.1) is 0 Å². The summed E-state index contributed by atoms with van der Waals surface area (Å²) in [7, 11) is 0. The predicted molar refractivity (Wildman–Crippen MR) is 112 cm³/mol. The summed E-state index contributed by atoms with van der Waals surface area (Å²) >= 11 is 6.10. The highest BCUT2D eigenvalue weighted by Gasteiger charge is 2.25. The van der Waals surface area contributed by atoms with Gasteiger partial charge in [0, 0.05) is 36.8 Å². The predicted octanol–water partition coefficient (Wildman–Crippen LogP) is 3.29. The van der Waals surface area contributed by atoms with E-state index in [9.17, 15) is 4.79 Å². The van der Waals surface area contributed by atoms with Crippen LogP contribution in [0.2, 0.25) is 5.02 Å². The number of amides is 1. The Balaban J connectivity index is 1.36. The molecule has 7 heteroatoms. The maximum Gasteiger partial charge on any atom is 0.257 e. The number of carbonyl (C=O) groups excluding carboxylic acids is 1. The second-order valence-electron chi connectivity index (χ2n) is 7.81. The number of nitrogens with zero attached hydrogens (tertiary/aromatic N) is 4. The second kappa shape index (κ2) is 9.20. The van der Waals surface area contributed by atoms with E-state index in [1.54, 1.807) is 6.20 Å². The summed E-state index contributed by atoms with van der Waals surface area (Å²) in [5.74, 6) is 1.22. The lowest BCUT2D eigenvalue weighted by Crippen LogP contribution is -2.41. The van der Waals surface area contributed by atoms with Crippen LogP contribution in [-0.2, 0) is 11.3 Å². The normalized spacial score (nSPS) is 18.8. The number of benzene rings is 1. The van der Waals surface area contributed by atoms with Gasteiger partial charge in [0.1, 0.15) is 5.82 Å². The van der Waals surface area contributed by atoms with Crippen molar-refractivity contribution in [3.8, 4) is 0 Å². The molecule has 2 aliphatic heterocycles. The highest BCUT2D eigenvalue weighted by Crippen LogP contribution is 2.27. The van der Waals surface area contributed by atoms with Gasteiger partial charge in [0.2, 0.25) is 0 Å². The number of aromatic nitrogens is 2. The van der Waals surface area contributed by atoms with Crippen LogP contribution < -0.4 is 0 Å². The first-order valence-corrected chi connectivity index (χ1v) is 10.7. The fourth-order valence-electron chi connectivity index (χ4n) is 4.07. The highest BCUT2D eigenvalue weighted by molar-refractivity contribution is 6.30. The van der Waals surface area contributed by atoms with Gasteiger partial charge in [-0.2, -0.15) is 0 Å². The van der Waals surface area contributed by atoms with E-state index in [2.05, 4.69) is 16.0 Å². The maximum atomic E-state index is 12.7. The SMILES string of the molecule is Cc1nc(C2CCN(Cc3cccc(Cl)c3)CC2)ncc1C(=O)N1CCOCC1. The number of morpholine rings is 1. The summed E-state index contributed by atoms with van der Waals surface area (Å²) in [6, 6.07) is 8.06. The van der Waals surface area contributed by atoms with E-state index in [0.29, 0.717) is 37.8 Å². The summed E-state index contributed by atoms with van der Waals surface area (Å²) in [5.41, 5.74) is 2.62. The van der Waals surface area contributed by atoms with Gasteiger partial charge < -0.3 is 9.64 Å². The number of ether oxygens (including phenoxy) is 1. The van der Waals surface area contributed by atoms with Crippen LogP contribution >= 0.6 is 11.6 Å². The number of rotatable bonds is 4. The molecule has 0 spiro atoms. The Morgan fingerprint density at radius 1 is 1.21 bits per heavy atom. The summed E-state index contributed by atoms with van der Waals surface area (Å²) in [6.45, 7) is 7.29. The summed E-state index contributed by atoms with van der Waals surface area (Å²) < 4.78 is 5.33. The first-order chi connectivity index (χ1) is 14.1. The van der Waals surface area contributed by atoms with E-state index < -0.39 is 0 Å². The van der Waals surface area contributed by atoms with E-state index in [1.807, 2.05) is 30.0 Å². The monoisotopic (exact) mass is 414 g/mol. The minimum atomic E-state index is 0.00805. The van der Waals surface area contributed by atoms with Gasteiger partial charge in [-0.05, 0) is 50.6 Å². The number of hydrogen-bond donors (Lipinski definition) is 0. The summed E-state index contributed by atoms with van der Waals surface area (Å²) in [6.07, 6.45) is 3.77. The Kier molecular flexibility index (Phi) is 6.43. The number of carbonyl (C=O) groups is 1. The Morgan fingerprint density at radius 2 is 1.97 bits per heavy atom. The lowest BCUT2D eigenvalue weighted by atomic mass is 9.95. The molecule has 6 nitrogen and oxygen atoms in total. The average molecular weight is 415 g/mol. The molecule has 1 aromatic heterocycles. The van der Waals surface area contributed by atoms with Crippen LogP contribution in [0.15, 0.2) is 30.5 Å². The lowest BCUT2D eigenvalue weighted by molar-refractivity contribution is 0.0301. The van der Waals surface area contributed by atoms with Gasteiger partial charge in [0.15, 0.2) is 0 Å². The molecule has 2 aliphatic rings. The van der Waals surface area contributed by atoms with Crippen LogP contribution in [-0.4, -0.2) is 65.1 Å². The van der Waals surface area contributed by atoms with Crippen molar-refractivity contribution < 1.29 is 9.53 Å². The van der Waals surface area contributed by atoms with Crippen LogP contribution in [0.4, 0.5) is 0 Å². The Hall–Kier alpha value is -2.02. The van der Waals surface area contributed by atoms with Crippen molar-refractivity contribution in [2.24, 2.45) is 0 Å². The van der Waals surface area contributed by atoms with Crippen LogP contribution in [0.3, 0.4) is 0 Å². The van der Waals surface area contributed by atoms with E-state index in [-0.39, 0.29) is 5.91 Å². The highest BCUT2D eigenvalue weighted by atomic mass is 35.5. The molecule has 2 fully saturated rings. The van der Waals surface area contributed by atoms with Crippen molar-refractivity contribution in [1.82, 2.24) is 19.8 Å². The molecule has 2 aromatic rings. The maximum absolute atomic E-state index is 12.7. The number of likely N-dealkylation sites (tertiary alicyclic amines) is 1. The molecule has 3 heterocycles. The summed E-state index contributed by atoms with van der Waals surface area (Å²) in [4.78, 5) is 26.3. The van der Waals surface area contributed by atoms with Gasteiger partial charge in [-0.25, -0.2) is 9.97 Å². The van der Waals surface area contributed by atoms with Crippen molar-refractivity contribution in [3.05, 3.63) is 58.1 Å². The molecule has 2 saturated heterocycles. The van der Waals surface area contributed by atoms with Crippen LogP contribution in [0.1, 0.15) is 46.2 Å². The van der Waals surface area contributed by atoms with Crippen molar-refractivity contribution in [2.75, 3.05) is 39.4 Å². The zero-order valence-corrected chi connectivity index (χ0v) is 17.6. The number of halogens is 1. The number of hydrogen-bond acceptors (Lipinski definition) is 5. The Morgan fingerprint density at radius 3 is 2.66 bits per heavy atom. The zero-order chi connectivity index (χ0) is 20.2. The Labute approximate surface area is 176 Å². The molecule has 0 bridgehead atoms. The topological polar surface area (TPSA) is 58.6 Å². The third-order valence-electron chi connectivity index (χ3n) is 5.77. The third kappa shape index (κ3) is 4.94. The van der Waals surface area contributed by atoms with E-state index >= 15 is 0 Å². The molecule has 154 valence electrons. The summed E-state index contributed by atoms with van der Waals surface area (Å²) in [5, 5.41) is 0.785. The smallest absolute Gasteiger partial charge is 0.257 e. The molecule has 29 heavy (non-hydrogen) atoms. The molecule has 1 aromatic carbocycles. The van der Waals surface area contributed by atoms with Gasteiger partial charge in [-0.3, -0.25) is 9.69 Å². The van der Waals surface area contributed by atoms with E-state index in [4.69, 9.17) is 21.3 Å². The average Bonchev–Trinajstić information content (AvgIpc) is 2.74. The fraction of sp³-hybridized carbons (Fsp3) is 0.500.